The van der Waals surface area contributed by atoms with Crippen LogP contribution in [0.1, 0.15) is 12.5 Å². The third-order valence-corrected chi connectivity index (χ3v) is 4.88. The van der Waals surface area contributed by atoms with E-state index in [1.807, 2.05) is 24.3 Å². The van der Waals surface area contributed by atoms with Gasteiger partial charge in [0.25, 0.3) is 5.69 Å². The maximum atomic E-state index is 11.2. The molecular formula is C22H17ClN4O4. The molecule has 4 rings (SSSR count). The molecule has 0 saturated heterocycles. The first-order valence-corrected chi connectivity index (χ1v) is 9.77. The quantitative estimate of drug-likeness (QED) is 0.230. The van der Waals surface area contributed by atoms with E-state index in [4.69, 9.17) is 16.3 Å². The number of aromatic hydroxyl groups is 1. The van der Waals surface area contributed by atoms with Gasteiger partial charge in [-0.25, -0.2) is 4.98 Å². The highest BCUT2D eigenvalue weighted by atomic mass is 35.5. The molecule has 1 heterocycles. The van der Waals surface area contributed by atoms with E-state index < -0.39 is 4.92 Å². The number of nitrogens with zero attached hydrogens (tertiary/aromatic N) is 3. The lowest BCUT2D eigenvalue weighted by atomic mass is 10.1. The number of phenols is 1. The van der Waals surface area contributed by atoms with Gasteiger partial charge in [0.2, 0.25) is 0 Å². The predicted octanol–water partition coefficient (Wildman–Crippen LogP) is 5.65. The molecule has 156 valence electrons. The highest BCUT2D eigenvalue weighted by Gasteiger charge is 2.16. The van der Waals surface area contributed by atoms with Crippen molar-refractivity contribution in [1.82, 2.24) is 9.97 Å². The number of para-hydroxylation sites is 2. The van der Waals surface area contributed by atoms with Crippen LogP contribution >= 0.6 is 11.6 Å². The SMILES string of the molecule is CCOc1cc([N+](=O)[O-])cc(C=Nc2ccc(Cl)c(-c3nc4ccccc4[nH]3)c2)c1O. The van der Waals surface area contributed by atoms with Crippen LogP contribution in [0.15, 0.2) is 59.6 Å². The second-order valence-corrected chi connectivity index (χ2v) is 7.00. The molecule has 1 aromatic heterocycles. The van der Waals surface area contributed by atoms with Crippen LogP contribution in [0.2, 0.25) is 5.02 Å². The van der Waals surface area contributed by atoms with Crippen molar-refractivity contribution in [3.05, 3.63) is 75.3 Å². The number of hydrogen-bond acceptors (Lipinski definition) is 6. The minimum Gasteiger partial charge on any atom is -0.504 e. The van der Waals surface area contributed by atoms with Gasteiger partial charge >= 0.3 is 0 Å². The van der Waals surface area contributed by atoms with Gasteiger partial charge in [0.1, 0.15) is 5.82 Å². The van der Waals surface area contributed by atoms with Gasteiger partial charge in [-0.15, -0.1) is 0 Å². The Morgan fingerprint density at radius 2 is 2.06 bits per heavy atom. The third-order valence-electron chi connectivity index (χ3n) is 4.55. The number of aliphatic imine (C=N–C) groups is 1. The standard InChI is InChI=1S/C22H17ClN4O4/c1-2-31-20-11-15(27(29)30)9-13(21(20)28)12-24-14-7-8-17(23)16(10-14)22-25-18-5-3-4-6-19(18)26-22/h3-12,28H,2H2,1H3,(H,25,26). The zero-order chi connectivity index (χ0) is 22.0. The second-order valence-electron chi connectivity index (χ2n) is 6.60. The van der Waals surface area contributed by atoms with Crippen molar-refractivity contribution in [1.29, 1.82) is 0 Å². The Balaban J connectivity index is 1.72. The normalized spacial score (nSPS) is 11.3. The zero-order valence-corrected chi connectivity index (χ0v) is 17.1. The minimum absolute atomic E-state index is 0.0252. The lowest BCUT2D eigenvalue weighted by Crippen LogP contribution is -1.97. The molecule has 0 unspecified atom stereocenters. The molecule has 0 spiro atoms. The molecule has 0 bridgehead atoms. The molecule has 9 heteroatoms. The van der Waals surface area contributed by atoms with Crippen LogP contribution in [0, 0.1) is 10.1 Å². The van der Waals surface area contributed by atoms with Crippen molar-refractivity contribution in [2.45, 2.75) is 6.92 Å². The number of fused-ring (bicyclic) bond motifs is 1. The molecule has 0 radical (unpaired) electrons. The predicted molar refractivity (Wildman–Crippen MR) is 120 cm³/mol. The summed E-state index contributed by atoms with van der Waals surface area (Å²) in [5.41, 5.74) is 2.84. The largest absolute Gasteiger partial charge is 0.504 e. The Morgan fingerprint density at radius 3 is 2.81 bits per heavy atom. The van der Waals surface area contributed by atoms with Gasteiger partial charge in [0, 0.05) is 23.4 Å². The molecule has 4 aromatic rings. The maximum absolute atomic E-state index is 11.2. The van der Waals surface area contributed by atoms with E-state index in [0.717, 1.165) is 11.0 Å². The summed E-state index contributed by atoms with van der Waals surface area (Å²) in [6.07, 6.45) is 1.34. The third kappa shape index (κ3) is 4.19. The topological polar surface area (TPSA) is 114 Å². The van der Waals surface area contributed by atoms with E-state index >= 15 is 0 Å². The Hall–Kier alpha value is -3.91. The van der Waals surface area contributed by atoms with Gasteiger partial charge in [0.15, 0.2) is 11.5 Å². The average Bonchev–Trinajstić information content (AvgIpc) is 3.19. The van der Waals surface area contributed by atoms with Crippen LogP contribution in [-0.4, -0.2) is 32.8 Å². The number of nitro groups is 1. The van der Waals surface area contributed by atoms with Crippen molar-refractivity contribution >= 4 is 40.2 Å². The Morgan fingerprint density at radius 1 is 1.26 bits per heavy atom. The van der Waals surface area contributed by atoms with Crippen LogP contribution in [0.5, 0.6) is 11.5 Å². The van der Waals surface area contributed by atoms with Crippen LogP contribution in [0.3, 0.4) is 0 Å². The van der Waals surface area contributed by atoms with Crippen molar-refractivity contribution in [3.8, 4) is 22.9 Å². The van der Waals surface area contributed by atoms with Crippen molar-refractivity contribution in [3.63, 3.8) is 0 Å². The van der Waals surface area contributed by atoms with E-state index in [-0.39, 0.29) is 29.4 Å². The van der Waals surface area contributed by atoms with Gasteiger partial charge in [0.05, 0.1) is 39.3 Å². The number of nitro benzene ring substituents is 1. The summed E-state index contributed by atoms with van der Waals surface area (Å²) >= 11 is 6.37. The molecule has 0 atom stereocenters. The van der Waals surface area contributed by atoms with Gasteiger partial charge in [-0.1, -0.05) is 23.7 Å². The summed E-state index contributed by atoms with van der Waals surface area (Å²) in [6.45, 7) is 1.97. The number of ether oxygens (including phenoxy) is 1. The number of nitrogens with one attached hydrogen (secondary N) is 1. The molecule has 2 N–H and O–H groups in total. The number of phenolic OH excluding ortho intramolecular Hbond substituents is 1. The number of aromatic nitrogens is 2. The number of aromatic amines is 1. The smallest absolute Gasteiger partial charge is 0.274 e. The Labute approximate surface area is 182 Å². The van der Waals surface area contributed by atoms with Crippen LogP contribution < -0.4 is 4.74 Å². The average molecular weight is 437 g/mol. The number of hydrogen-bond donors (Lipinski definition) is 2. The Kier molecular flexibility index (Phi) is 5.55. The number of halogens is 1. The van der Waals surface area contributed by atoms with Gasteiger partial charge in [-0.2, -0.15) is 0 Å². The fourth-order valence-electron chi connectivity index (χ4n) is 3.08. The summed E-state index contributed by atoms with van der Waals surface area (Å²) < 4.78 is 5.30. The molecule has 0 amide bonds. The van der Waals surface area contributed by atoms with Crippen molar-refractivity contribution < 1.29 is 14.8 Å². The Bertz CT molecular complexity index is 1280. The van der Waals surface area contributed by atoms with Crippen LogP contribution in [0.4, 0.5) is 11.4 Å². The number of H-pyrrole nitrogens is 1. The van der Waals surface area contributed by atoms with Crippen molar-refractivity contribution in [2.75, 3.05) is 6.61 Å². The van der Waals surface area contributed by atoms with E-state index in [0.29, 0.717) is 22.1 Å². The fourth-order valence-corrected chi connectivity index (χ4v) is 3.29. The molecular weight excluding hydrogens is 420 g/mol. The van der Waals surface area contributed by atoms with Gasteiger partial charge in [-0.3, -0.25) is 15.1 Å². The first kappa shape index (κ1) is 20.4. The maximum Gasteiger partial charge on any atom is 0.274 e. The van der Waals surface area contributed by atoms with Crippen LogP contribution in [-0.2, 0) is 0 Å². The van der Waals surface area contributed by atoms with Gasteiger partial charge in [-0.05, 0) is 37.3 Å². The summed E-state index contributed by atoms with van der Waals surface area (Å²) in [6, 6.07) is 15.2. The summed E-state index contributed by atoms with van der Waals surface area (Å²) in [5, 5.41) is 22.1. The van der Waals surface area contributed by atoms with E-state index in [1.54, 1.807) is 25.1 Å². The number of non-ortho nitro benzene ring substituents is 1. The number of benzene rings is 3. The lowest BCUT2D eigenvalue weighted by Gasteiger charge is -2.08. The molecule has 0 saturated carbocycles. The molecule has 0 aliphatic heterocycles. The first-order chi connectivity index (χ1) is 15.0. The van der Waals surface area contributed by atoms with E-state index in [1.165, 1.54) is 18.3 Å². The highest BCUT2D eigenvalue weighted by molar-refractivity contribution is 6.33. The monoisotopic (exact) mass is 436 g/mol. The molecule has 0 fully saturated rings. The van der Waals surface area contributed by atoms with Crippen molar-refractivity contribution in [2.24, 2.45) is 4.99 Å². The van der Waals surface area contributed by atoms with E-state index in [9.17, 15) is 15.2 Å². The summed E-state index contributed by atoms with van der Waals surface area (Å²) in [4.78, 5) is 22.8. The molecule has 3 aromatic carbocycles. The highest BCUT2D eigenvalue weighted by Crippen LogP contribution is 2.35. The van der Waals surface area contributed by atoms with Crippen LogP contribution in [0.25, 0.3) is 22.4 Å². The second kappa shape index (κ2) is 8.45. The molecule has 0 aliphatic carbocycles. The molecule has 0 aliphatic rings. The van der Waals surface area contributed by atoms with E-state index in [2.05, 4.69) is 15.0 Å². The molecule has 31 heavy (non-hydrogen) atoms. The van der Waals surface area contributed by atoms with Gasteiger partial charge < -0.3 is 14.8 Å². The number of rotatable bonds is 6. The fraction of sp³-hybridized carbons (Fsp3) is 0.0909. The lowest BCUT2D eigenvalue weighted by molar-refractivity contribution is -0.385. The summed E-state index contributed by atoms with van der Waals surface area (Å²) in [5.74, 6) is 0.403. The summed E-state index contributed by atoms with van der Waals surface area (Å²) in [7, 11) is 0. The minimum atomic E-state index is -0.554. The number of imidazole rings is 1. The zero-order valence-electron chi connectivity index (χ0n) is 16.4. The first-order valence-electron chi connectivity index (χ1n) is 9.39. The molecule has 8 nitrogen and oxygen atoms in total.